The zero-order chi connectivity index (χ0) is 15.0. The number of hydrogen-bond donors (Lipinski definition) is 1. The zero-order valence-electron chi connectivity index (χ0n) is 12.5. The minimum atomic E-state index is -0.199. The van der Waals surface area contributed by atoms with Crippen LogP contribution < -0.4 is 19.9 Å². The number of nitrogen functional groups attached to an aromatic ring is 1. The van der Waals surface area contributed by atoms with Crippen molar-refractivity contribution in [3.63, 3.8) is 0 Å². The van der Waals surface area contributed by atoms with Crippen LogP contribution in [-0.2, 0) is 6.42 Å². The summed E-state index contributed by atoms with van der Waals surface area (Å²) in [7, 11) is 1.60. The van der Waals surface area contributed by atoms with Gasteiger partial charge in [0.25, 0.3) is 0 Å². The largest absolute Gasteiger partial charge is 0.497 e. The highest BCUT2D eigenvalue weighted by atomic mass is 16.5. The van der Waals surface area contributed by atoms with Gasteiger partial charge in [-0.15, -0.1) is 0 Å². The summed E-state index contributed by atoms with van der Waals surface area (Å²) < 4.78 is 17.2. The van der Waals surface area contributed by atoms with Gasteiger partial charge in [0.15, 0.2) is 11.5 Å². The summed E-state index contributed by atoms with van der Waals surface area (Å²) in [6, 6.07) is 11.3. The summed E-state index contributed by atoms with van der Waals surface area (Å²) in [6.45, 7) is 4.14. The van der Waals surface area contributed by atoms with Crippen molar-refractivity contribution in [1.29, 1.82) is 0 Å². The van der Waals surface area contributed by atoms with Gasteiger partial charge in [-0.2, -0.15) is 0 Å². The van der Waals surface area contributed by atoms with E-state index < -0.39 is 0 Å². The van der Waals surface area contributed by atoms with E-state index in [1.165, 1.54) is 0 Å². The van der Waals surface area contributed by atoms with Gasteiger partial charge in [-0.25, -0.2) is 0 Å². The summed E-state index contributed by atoms with van der Waals surface area (Å²) in [6.07, 6.45) is 0.875. The lowest BCUT2D eigenvalue weighted by Gasteiger charge is -2.18. The average molecular weight is 285 g/mol. The molecule has 0 fully saturated rings. The van der Waals surface area contributed by atoms with Crippen LogP contribution in [0.1, 0.15) is 19.4 Å². The van der Waals surface area contributed by atoms with Crippen molar-refractivity contribution in [3.8, 4) is 23.0 Å². The Morgan fingerprint density at radius 3 is 2.67 bits per heavy atom. The number of methoxy groups -OCH3 is 1. The van der Waals surface area contributed by atoms with Gasteiger partial charge in [-0.05, 0) is 19.9 Å². The maximum absolute atomic E-state index is 6.00. The van der Waals surface area contributed by atoms with Crippen LogP contribution >= 0.6 is 0 Å². The predicted octanol–water partition coefficient (Wildman–Crippen LogP) is 3.78. The molecule has 2 aromatic rings. The average Bonchev–Trinajstić information content (AvgIpc) is 2.73. The first-order valence-electron chi connectivity index (χ1n) is 6.90. The fourth-order valence-corrected chi connectivity index (χ4v) is 2.57. The molecule has 1 aliphatic rings. The highest BCUT2D eigenvalue weighted by Gasteiger charge is 2.32. The molecule has 21 heavy (non-hydrogen) atoms. The maximum atomic E-state index is 6.00. The first-order chi connectivity index (χ1) is 9.97. The van der Waals surface area contributed by atoms with E-state index in [9.17, 15) is 0 Å². The lowest BCUT2D eigenvalue weighted by atomic mass is 10.0. The zero-order valence-corrected chi connectivity index (χ0v) is 12.5. The Morgan fingerprint density at radius 1 is 1.14 bits per heavy atom. The Hall–Kier alpha value is -2.36. The Labute approximate surface area is 124 Å². The van der Waals surface area contributed by atoms with Crippen LogP contribution in [0.2, 0.25) is 0 Å². The quantitative estimate of drug-likeness (QED) is 0.872. The number of fused-ring (bicyclic) bond motifs is 1. The van der Waals surface area contributed by atoms with Gasteiger partial charge in [0.05, 0.1) is 7.11 Å². The maximum Gasteiger partial charge on any atom is 0.169 e. The van der Waals surface area contributed by atoms with Crippen molar-refractivity contribution in [2.24, 2.45) is 0 Å². The molecule has 0 aliphatic carbocycles. The van der Waals surface area contributed by atoms with Gasteiger partial charge >= 0.3 is 0 Å². The van der Waals surface area contributed by atoms with E-state index in [-0.39, 0.29) is 5.60 Å². The number of rotatable bonds is 3. The summed E-state index contributed by atoms with van der Waals surface area (Å²) in [5.41, 5.74) is 7.41. The fraction of sp³-hybridized carbons (Fsp3) is 0.294. The van der Waals surface area contributed by atoms with Gasteiger partial charge in [0.1, 0.15) is 17.1 Å². The first-order valence-corrected chi connectivity index (χ1v) is 6.90. The minimum absolute atomic E-state index is 0.199. The molecule has 0 amide bonds. The van der Waals surface area contributed by atoms with Crippen molar-refractivity contribution in [1.82, 2.24) is 0 Å². The summed E-state index contributed by atoms with van der Waals surface area (Å²) in [5, 5.41) is 0. The molecule has 0 spiro atoms. The summed E-state index contributed by atoms with van der Waals surface area (Å²) >= 11 is 0. The molecule has 0 aromatic heterocycles. The van der Waals surface area contributed by atoms with Crippen LogP contribution in [0.4, 0.5) is 5.69 Å². The molecule has 2 aromatic carbocycles. The van der Waals surface area contributed by atoms with E-state index in [4.69, 9.17) is 19.9 Å². The van der Waals surface area contributed by atoms with E-state index in [0.29, 0.717) is 22.9 Å². The smallest absolute Gasteiger partial charge is 0.169 e. The lowest BCUT2D eigenvalue weighted by molar-refractivity contribution is 0.135. The van der Waals surface area contributed by atoms with E-state index in [1.807, 2.05) is 12.1 Å². The first kappa shape index (κ1) is 13.6. The van der Waals surface area contributed by atoms with Crippen molar-refractivity contribution < 1.29 is 14.2 Å². The van der Waals surface area contributed by atoms with E-state index >= 15 is 0 Å². The highest BCUT2D eigenvalue weighted by Crippen LogP contribution is 2.43. The topological polar surface area (TPSA) is 53.7 Å². The molecule has 1 heterocycles. The number of anilines is 1. The van der Waals surface area contributed by atoms with E-state index in [1.54, 1.807) is 25.3 Å². The molecule has 2 N–H and O–H groups in total. The van der Waals surface area contributed by atoms with Gasteiger partial charge in [0.2, 0.25) is 0 Å². The van der Waals surface area contributed by atoms with Gasteiger partial charge in [-0.1, -0.05) is 12.1 Å². The number of nitrogens with two attached hydrogens (primary N) is 1. The van der Waals surface area contributed by atoms with Crippen molar-refractivity contribution in [2.45, 2.75) is 25.9 Å². The minimum Gasteiger partial charge on any atom is -0.497 e. The number of hydrogen-bond acceptors (Lipinski definition) is 4. The Balaban J connectivity index is 1.94. The number of benzene rings is 2. The van der Waals surface area contributed by atoms with E-state index in [2.05, 4.69) is 19.9 Å². The van der Waals surface area contributed by atoms with Crippen LogP contribution in [0, 0.1) is 0 Å². The second-order valence-electron chi connectivity index (χ2n) is 5.83. The van der Waals surface area contributed by atoms with Gasteiger partial charge < -0.3 is 19.9 Å². The molecule has 3 rings (SSSR count). The van der Waals surface area contributed by atoms with Crippen LogP contribution in [0.25, 0.3) is 0 Å². The third kappa shape index (κ3) is 2.75. The normalized spacial score (nSPS) is 15.2. The fourth-order valence-electron chi connectivity index (χ4n) is 2.57. The van der Waals surface area contributed by atoms with Crippen LogP contribution in [0.5, 0.6) is 23.0 Å². The molecule has 0 radical (unpaired) electrons. The van der Waals surface area contributed by atoms with Gasteiger partial charge in [-0.3, -0.25) is 0 Å². The Kier molecular flexibility index (Phi) is 3.16. The molecule has 4 nitrogen and oxygen atoms in total. The molecule has 1 aliphatic heterocycles. The van der Waals surface area contributed by atoms with Crippen molar-refractivity contribution in [3.05, 3.63) is 42.0 Å². The predicted molar refractivity (Wildman–Crippen MR) is 82.3 cm³/mol. The van der Waals surface area contributed by atoms with Crippen molar-refractivity contribution >= 4 is 5.69 Å². The molecule has 110 valence electrons. The molecular weight excluding hydrogens is 266 g/mol. The van der Waals surface area contributed by atoms with Crippen LogP contribution in [0.15, 0.2) is 36.4 Å². The molecule has 0 saturated heterocycles. The standard InChI is InChI=1S/C17H19NO3/c1-17(2)10-11-5-4-6-15(16(11)21-17)20-14-8-12(18)7-13(9-14)19-3/h4-9H,10,18H2,1-3H3. The third-order valence-corrected chi connectivity index (χ3v) is 3.42. The Morgan fingerprint density at radius 2 is 1.90 bits per heavy atom. The second kappa shape index (κ2) is 4.88. The third-order valence-electron chi connectivity index (χ3n) is 3.42. The molecule has 4 heteroatoms. The van der Waals surface area contributed by atoms with E-state index in [0.717, 1.165) is 17.7 Å². The monoisotopic (exact) mass is 285 g/mol. The van der Waals surface area contributed by atoms with Crippen molar-refractivity contribution in [2.75, 3.05) is 12.8 Å². The number of para-hydroxylation sites is 1. The molecule has 0 unspecified atom stereocenters. The molecule has 0 atom stereocenters. The molecule has 0 saturated carbocycles. The lowest BCUT2D eigenvalue weighted by Crippen LogP contribution is -2.24. The Bertz CT molecular complexity index is 680. The number of ether oxygens (including phenoxy) is 3. The highest BCUT2D eigenvalue weighted by molar-refractivity contribution is 5.55. The van der Waals surface area contributed by atoms with Gasteiger partial charge in [0, 0.05) is 35.9 Å². The SMILES string of the molecule is COc1cc(N)cc(Oc2cccc3c2OC(C)(C)C3)c1. The van der Waals surface area contributed by atoms with Crippen LogP contribution in [0.3, 0.4) is 0 Å². The molecular formula is C17H19NO3. The summed E-state index contributed by atoms with van der Waals surface area (Å²) in [4.78, 5) is 0. The van der Waals surface area contributed by atoms with Crippen LogP contribution in [-0.4, -0.2) is 12.7 Å². The summed E-state index contributed by atoms with van der Waals surface area (Å²) in [5.74, 6) is 2.81. The second-order valence-corrected chi connectivity index (χ2v) is 5.83. The molecule has 0 bridgehead atoms.